The van der Waals surface area contributed by atoms with Crippen molar-refractivity contribution in [2.24, 2.45) is 5.41 Å². The lowest BCUT2D eigenvalue weighted by atomic mass is 9.81. The summed E-state index contributed by atoms with van der Waals surface area (Å²) < 4.78 is 2.64. The Labute approximate surface area is 162 Å². The molecule has 1 aliphatic rings. The fraction of sp³-hybridized carbons (Fsp3) is 0.471. The number of nitrogens with zero attached hydrogens (tertiary/aromatic N) is 3. The summed E-state index contributed by atoms with van der Waals surface area (Å²) in [4.78, 5) is 12.5. The summed E-state index contributed by atoms with van der Waals surface area (Å²) in [7, 11) is 0. The van der Waals surface area contributed by atoms with Gasteiger partial charge in [0, 0.05) is 11.0 Å². The highest BCUT2D eigenvalue weighted by molar-refractivity contribution is 9.10. The van der Waals surface area contributed by atoms with Crippen molar-refractivity contribution in [2.45, 2.75) is 26.7 Å². The predicted octanol–water partition coefficient (Wildman–Crippen LogP) is 2.88. The summed E-state index contributed by atoms with van der Waals surface area (Å²) in [5.74, 6) is -0.159. The Kier molecular flexibility index (Phi) is 6.59. The maximum atomic E-state index is 12.5. The summed E-state index contributed by atoms with van der Waals surface area (Å²) in [6.07, 6.45) is 2.13. The van der Waals surface area contributed by atoms with Crippen molar-refractivity contribution in [3.63, 3.8) is 0 Å². The van der Waals surface area contributed by atoms with E-state index < -0.39 is 0 Å². The molecule has 1 saturated heterocycles. The molecule has 0 bridgehead atoms. The van der Waals surface area contributed by atoms with Gasteiger partial charge in [-0.2, -0.15) is 0 Å². The van der Waals surface area contributed by atoms with E-state index in [-0.39, 0.29) is 23.7 Å². The molecule has 1 aromatic heterocycles. The molecule has 8 heteroatoms. The number of hydrogen-bond donors (Lipinski definition) is 2. The van der Waals surface area contributed by atoms with E-state index in [0.29, 0.717) is 12.2 Å². The minimum atomic E-state index is -0.159. The second-order valence-corrected chi connectivity index (χ2v) is 7.57. The first-order chi connectivity index (χ1) is 11.5. The molecule has 1 amide bonds. The minimum absolute atomic E-state index is 0. The molecule has 0 unspecified atom stereocenters. The molecule has 0 spiro atoms. The Bertz CT molecular complexity index is 742. The number of amides is 1. The Morgan fingerprint density at radius 3 is 2.80 bits per heavy atom. The zero-order valence-corrected chi connectivity index (χ0v) is 16.8. The van der Waals surface area contributed by atoms with E-state index in [9.17, 15) is 4.79 Å². The van der Waals surface area contributed by atoms with Gasteiger partial charge >= 0.3 is 0 Å². The van der Waals surface area contributed by atoms with Crippen LogP contribution in [-0.2, 0) is 0 Å². The van der Waals surface area contributed by atoms with Crippen LogP contribution in [0.4, 0.5) is 0 Å². The van der Waals surface area contributed by atoms with E-state index in [4.69, 9.17) is 0 Å². The Hall–Kier alpha value is -1.44. The number of aromatic nitrogens is 3. The van der Waals surface area contributed by atoms with E-state index >= 15 is 0 Å². The standard InChI is InChI=1S/C17H22BrN5O.ClH/c1-12-15(16(24)20-11-17(2)6-8-19-9-7-17)21-22-23(12)14-5-3-4-13(18)10-14;/h3-5,10,19H,6-9,11H2,1-2H3,(H,20,24);1H. The zero-order chi connectivity index (χ0) is 17.2. The van der Waals surface area contributed by atoms with Crippen molar-refractivity contribution in [1.82, 2.24) is 25.6 Å². The van der Waals surface area contributed by atoms with Crippen LogP contribution < -0.4 is 10.6 Å². The number of hydrogen-bond acceptors (Lipinski definition) is 4. The van der Waals surface area contributed by atoms with Gasteiger partial charge in [-0.25, -0.2) is 4.68 Å². The molecule has 2 N–H and O–H groups in total. The Morgan fingerprint density at radius 2 is 2.12 bits per heavy atom. The molecule has 1 aliphatic heterocycles. The van der Waals surface area contributed by atoms with E-state index in [1.165, 1.54) is 0 Å². The number of piperidine rings is 1. The zero-order valence-electron chi connectivity index (χ0n) is 14.4. The van der Waals surface area contributed by atoms with Crippen molar-refractivity contribution >= 4 is 34.2 Å². The largest absolute Gasteiger partial charge is 0.350 e. The molecule has 2 aromatic rings. The van der Waals surface area contributed by atoms with Crippen molar-refractivity contribution in [2.75, 3.05) is 19.6 Å². The highest BCUT2D eigenvalue weighted by Gasteiger charge is 2.28. The number of benzene rings is 1. The molecule has 3 rings (SSSR count). The average Bonchev–Trinajstić information content (AvgIpc) is 2.95. The third-order valence-corrected chi connectivity index (χ3v) is 5.14. The first-order valence-corrected chi connectivity index (χ1v) is 8.95. The maximum absolute atomic E-state index is 12.5. The quantitative estimate of drug-likeness (QED) is 0.785. The summed E-state index contributed by atoms with van der Waals surface area (Å²) in [6.45, 7) is 6.76. The van der Waals surface area contributed by atoms with Crippen LogP contribution in [0, 0.1) is 12.3 Å². The first kappa shape index (κ1) is 19.9. The average molecular weight is 429 g/mol. The van der Waals surface area contributed by atoms with Gasteiger partial charge < -0.3 is 10.6 Å². The smallest absolute Gasteiger partial charge is 0.273 e. The molecule has 0 saturated carbocycles. The van der Waals surface area contributed by atoms with Crippen LogP contribution in [0.15, 0.2) is 28.7 Å². The second-order valence-electron chi connectivity index (χ2n) is 6.66. The number of nitrogens with one attached hydrogen (secondary N) is 2. The lowest BCUT2D eigenvalue weighted by molar-refractivity contribution is 0.0916. The number of carbonyl (C=O) groups excluding carboxylic acids is 1. The normalized spacial score (nSPS) is 16.1. The molecule has 0 aliphatic carbocycles. The van der Waals surface area contributed by atoms with E-state index in [0.717, 1.165) is 41.8 Å². The minimum Gasteiger partial charge on any atom is -0.350 e. The molecule has 0 radical (unpaired) electrons. The summed E-state index contributed by atoms with van der Waals surface area (Å²) in [5.41, 5.74) is 2.14. The van der Waals surface area contributed by atoms with Crippen molar-refractivity contribution in [3.05, 3.63) is 40.1 Å². The van der Waals surface area contributed by atoms with E-state index in [1.807, 2.05) is 31.2 Å². The van der Waals surface area contributed by atoms with Gasteiger partial charge in [-0.15, -0.1) is 17.5 Å². The lowest BCUT2D eigenvalue weighted by Crippen LogP contribution is -2.43. The van der Waals surface area contributed by atoms with Crippen LogP contribution in [0.25, 0.3) is 5.69 Å². The van der Waals surface area contributed by atoms with Crippen LogP contribution in [-0.4, -0.2) is 40.5 Å². The molecule has 2 heterocycles. The van der Waals surface area contributed by atoms with Crippen molar-refractivity contribution in [3.8, 4) is 5.69 Å². The van der Waals surface area contributed by atoms with E-state index in [1.54, 1.807) is 4.68 Å². The van der Waals surface area contributed by atoms with Gasteiger partial charge in [0.1, 0.15) is 0 Å². The van der Waals surface area contributed by atoms with Crippen LogP contribution in [0.2, 0.25) is 0 Å². The maximum Gasteiger partial charge on any atom is 0.273 e. The monoisotopic (exact) mass is 427 g/mol. The topological polar surface area (TPSA) is 71.8 Å². The van der Waals surface area contributed by atoms with Gasteiger partial charge in [-0.1, -0.05) is 34.1 Å². The van der Waals surface area contributed by atoms with Gasteiger partial charge in [-0.05, 0) is 56.5 Å². The number of rotatable bonds is 4. The highest BCUT2D eigenvalue weighted by atomic mass is 79.9. The van der Waals surface area contributed by atoms with Gasteiger partial charge in [0.25, 0.3) is 5.91 Å². The molecule has 1 fully saturated rings. The highest BCUT2D eigenvalue weighted by Crippen LogP contribution is 2.26. The molecule has 136 valence electrons. The first-order valence-electron chi connectivity index (χ1n) is 8.16. The summed E-state index contributed by atoms with van der Waals surface area (Å²) in [6, 6.07) is 7.75. The van der Waals surface area contributed by atoms with Gasteiger partial charge in [-0.3, -0.25) is 4.79 Å². The predicted molar refractivity (Wildman–Crippen MR) is 104 cm³/mol. The molecule has 25 heavy (non-hydrogen) atoms. The third-order valence-electron chi connectivity index (χ3n) is 4.65. The van der Waals surface area contributed by atoms with Crippen LogP contribution in [0.5, 0.6) is 0 Å². The van der Waals surface area contributed by atoms with E-state index in [2.05, 4.69) is 43.8 Å². The molecular formula is C17H23BrClN5O. The Morgan fingerprint density at radius 1 is 1.40 bits per heavy atom. The SMILES string of the molecule is Cc1c(C(=O)NCC2(C)CCNCC2)nnn1-c1cccc(Br)c1.Cl. The van der Waals surface area contributed by atoms with Crippen LogP contribution >= 0.6 is 28.3 Å². The third kappa shape index (κ3) is 4.59. The molecular weight excluding hydrogens is 406 g/mol. The van der Waals surface area contributed by atoms with Crippen molar-refractivity contribution in [1.29, 1.82) is 0 Å². The van der Waals surface area contributed by atoms with Crippen LogP contribution in [0.1, 0.15) is 35.9 Å². The molecule has 0 atom stereocenters. The Balaban J connectivity index is 0.00000225. The second kappa shape index (κ2) is 8.29. The lowest BCUT2D eigenvalue weighted by Gasteiger charge is -2.34. The summed E-state index contributed by atoms with van der Waals surface area (Å²) >= 11 is 3.45. The van der Waals surface area contributed by atoms with Gasteiger partial charge in [0.2, 0.25) is 0 Å². The molecule has 6 nitrogen and oxygen atoms in total. The number of carbonyl (C=O) groups is 1. The van der Waals surface area contributed by atoms with Crippen molar-refractivity contribution < 1.29 is 4.79 Å². The molecule has 1 aromatic carbocycles. The van der Waals surface area contributed by atoms with Gasteiger partial charge in [0.05, 0.1) is 11.4 Å². The fourth-order valence-corrected chi connectivity index (χ4v) is 3.36. The van der Waals surface area contributed by atoms with Gasteiger partial charge in [0.15, 0.2) is 5.69 Å². The fourth-order valence-electron chi connectivity index (χ4n) is 2.98. The summed E-state index contributed by atoms with van der Waals surface area (Å²) in [5, 5.41) is 14.6. The van der Waals surface area contributed by atoms with Crippen LogP contribution in [0.3, 0.4) is 0 Å². The number of halogens is 2.